The fourth-order valence-corrected chi connectivity index (χ4v) is 2.05. The third-order valence-electron chi connectivity index (χ3n) is 3.22. The van der Waals surface area contributed by atoms with Crippen molar-refractivity contribution in [3.05, 3.63) is 17.0 Å². The number of aryl methyl sites for hydroxylation is 2. The molecule has 0 fully saturated rings. The molecule has 8 heteroatoms. The predicted octanol–water partition coefficient (Wildman–Crippen LogP) is 0.475. The maximum absolute atomic E-state index is 12.2. The molecule has 0 saturated carbocycles. The van der Waals surface area contributed by atoms with Crippen LogP contribution in [-0.4, -0.2) is 43.9 Å². The number of carbonyl (C=O) groups is 3. The van der Waals surface area contributed by atoms with Gasteiger partial charge in [0, 0.05) is 19.2 Å². The molecule has 0 radical (unpaired) electrons. The number of rotatable bonds is 7. The number of hydrogen-bond acceptors (Lipinski definition) is 4. The zero-order valence-corrected chi connectivity index (χ0v) is 12.2. The number of carboxylic acids is 2. The average Bonchev–Trinajstić information content (AvgIpc) is 2.61. The topological polar surface area (TPSA) is 122 Å². The second-order valence-electron chi connectivity index (χ2n) is 4.82. The van der Waals surface area contributed by atoms with E-state index in [1.165, 1.54) is 0 Å². The van der Waals surface area contributed by atoms with Gasteiger partial charge in [-0.15, -0.1) is 0 Å². The van der Waals surface area contributed by atoms with E-state index in [0.29, 0.717) is 17.0 Å². The van der Waals surface area contributed by atoms with Crippen molar-refractivity contribution in [2.75, 3.05) is 0 Å². The smallest absolute Gasteiger partial charge is 0.326 e. The monoisotopic (exact) mass is 297 g/mol. The summed E-state index contributed by atoms with van der Waals surface area (Å²) < 4.78 is 1.55. The summed E-state index contributed by atoms with van der Waals surface area (Å²) >= 11 is 0. The van der Waals surface area contributed by atoms with Gasteiger partial charge in [0.25, 0.3) is 5.91 Å². The van der Waals surface area contributed by atoms with Crippen molar-refractivity contribution in [1.82, 2.24) is 15.1 Å². The molecule has 1 aromatic heterocycles. The van der Waals surface area contributed by atoms with Crippen LogP contribution in [0.25, 0.3) is 0 Å². The molecule has 3 N–H and O–H groups in total. The minimum atomic E-state index is -1.19. The number of nitrogens with one attached hydrogen (secondary N) is 1. The largest absolute Gasteiger partial charge is 0.481 e. The van der Waals surface area contributed by atoms with Crippen LogP contribution in [0.3, 0.4) is 0 Å². The molecule has 0 unspecified atom stereocenters. The minimum absolute atomic E-state index is 0.0612. The minimum Gasteiger partial charge on any atom is -0.481 e. The number of carbonyl (C=O) groups excluding carboxylic acids is 1. The van der Waals surface area contributed by atoms with E-state index in [2.05, 4.69) is 10.4 Å². The first kappa shape index (κ1) is 16.7. The Labute approximate surface area is 121 Å². The van der Waals surface area contributed by atoms with Crippen LogP contribution in [0.15, 0.2) is 0 Å². The number of aromatic nitrogens is 2. The zero-order chi connectivity index (χ0) is 16.2. The van der Waals surface area contributed by atoms with Crippen molar-refractivity contribution in [2.24, 2.45) is 7.05 Å². The van der Waals surface area contributed by atoms with Gasteiger partial charge in [-0.2, -0.15) is 5.10 Å². The molecule has 0 bridgehead atoms. The molecule has 0 aliphatic heterocycles. The summed E-state index contributed by atoms with van der Waals surface area (Å²) in [4.78, 5) is 33.7. The number of hydrogen-bond donors (Lipinski definition) is 3. The van der Waals surface area contributed by atoms with Crippen molar-refractivity contribution >= 4 is 17.8 Å². The highest BCUT2D eigenvalue weighted by Crippen LogP contribution is 2.12. The van der Waals surface area contributed by atoms with E-state index in [1.54, 1.807) is 25.6 Å². The Hall–Kier alpha value is -2.38. The predicted molar refractivity (Wildman–Crippen MR) is 73.1 cm³/mol. The summed E-state index contributed by atoms with van der Waals surface area (Å²) in [5.41, 5.74) is 1.50. The molecule has 1 aromatic rings. The summed E-state index contributed by atoms with van der Waals surface area (Å²) in [5, 5.41) is 24.2. The van der Waals surface area contributed by atoms with Gasteiger partial charge in [-0.05, 0) is 26.7 Å². The van der Waals surface area contributed by atoms with E-state index in [-0.39, 0.29) is 19.3 Å². The average molecular weight is 297 g/mol. The molecule has 0 aliphatic rings. The Kier molecular flexibility index (Phi) is 5.45. The first-order valence-corrected chi connectivity index (χ1v) is 6.49. The van der Waals surface area contributed by atoms with Crippen molar-refractivity contribution in [2.45, 2.75) is 39.2 Å². The lowest BCUT2D eigenvalue weighted by molar-refractivity contribution is -0.140. The molecule has 8 nitrogen and oxygen atoms in total. The lowest BCUT2D eigenvalue weighted by atomic mass is 10.1. The first-order valence-electron chi connectivity index (χ1n) is 6.49. The van der Waals surface area contributed by atoms with E-state index in [0.717, 1.165) is 0 Å². The highest BCUT2D eigenvalue weighted by Gasteiger charge is 2.24. The van der Waals surface area contributed by atoms with E-state index >= 15 is 0 Å². The van der Waals surface area contributed by atoms with Crippen LogP contribution in [0.2, 0.25) is 0 Å². The Bertz CT molecular complexity index is 564. The molecular formula is C13H19N3O5. The Morgan fingerprint density at radius 3 is 2.33 bits per heavy atom. The number of amides is 1. The van der Waals surface area contributed by atoms with Gasteiger partial charge >= 0.3 is 11.9 Å². The normalized spacial score (nSPS) is 12.0. The Balaban J connectivity index is 2.77. The van der Waals surface area contributed by atoms with Crippen molar-refractivity contribution < 1.29 is 24.6 Å². The van der Waals surface area contributed by atoms with Crippen LogP contribution in [0.4, 0.5) is 0 Å². The van der Waals surface area contributed by atoms with Gasteiger partial charge in [0.15, 0.2) is 0 Å². The highest BCUT2D eigenvalue weighted by atomic mass is 16.4. The van der Waals surface area contributed by atoms with Crippen LogP contribution in [0.5, 0.6) is 0 Å². The van der Waals surface area contributed by atoms with Gasteiger partial charge in [-0.3, -0.25) is 14.3 Å². The van der Waals surface area contributed by atoms with Crippen LogP contribution in [-0.2, 0) is 16.6 Å². The first-order chi connectivity index (χ1) is 9.73. The molecular weight excluding hydrogens is 278 g/mol. The van der Waals surface area contributed by atoms with Gasteiger partial charge in [-0.1, -0.05) is 0 Å². The third kappa shape index (κ3) is 4.30. The summed E-state index contributed by atoms with van der Waals surface area (Å²) in [6, 6.07) is -1.11. The number of carboxylic acid groups (broad SMARTS) is 2. The highest BCUT2D eigenvalue weighted by molar-refractivity contribution is 5.98. The van der Waals surface area contributed by atoms with Crippen LogP contribution >= 0.6 is 0 Å². The fraction of sp³-hybridized carbons (Fsp3) is 0.538. The molecule has 116 valence electrons. The quantitative estimate of drug-likeness (QED) is 0.672. The molecule has 1 amide bonds. The molecule has 0 spiro atoms. The van der Waals surface area contributed by atoms with Gasteiger partial charge in [-0.25, -0.2) is 4.79 Å². The second kappa shape index (κ2) is 6.87. The van der Waals surface area contributed by atoms with Gasteiger partial charge in [0.05, 0.1) is 11.3 Å². The van der Waals surface area contributed by atoms with Gasteiger partial charge in [0.1, 0.15) is 6.04 Å². The molecule has 1 heterocycles. The van der Waals surface area contributed by atoms with Crippen LogP contribution in [0.1, 0.15) is 41.0 Å². The third-order valence-corrected chi connectivity index (χ3v) is 3.22. The molecule has 0 saturated heterocycles. The van der Waals surface area contributed by atoms with E-state index in [9.17, 15) is 14.4 Å². The maximum Gasteiger partial charge on any atom is 0.326 e. The second-order valence-corrected chi connectivity index (χ2v) is 4.82. The molecule has 1 atom stereocenters. The van der Waals surface area contributed by atoms with Gasteiger partial charge in [0.2, 0.25) is 0 Å². The standard InChI is InChI=1S/C13H19N3O5/c1-7-11(8(2)16(3)15-7)12(19)14-9(13(20)21)5-4-6-10(17)18/h9H,4-6H2,1-3H3,(H,14,19)(H,17,18)(H,20,21)/t9-/m1/s1. The summed E-state index contributed by atoms with van der Waals surface area (Å²) in [7, 11) is 1.70. The maximum atomic E-state index is 12.2. The summed E-state index contributed by atoms with van der Waals surface area (Å²) in [6.45, 7) is 3.39. The van der Waals surface area contributed by atoms with E-state index < -0.39 is 23.9 Å². The van der Waals surface area contributed by atoms with E-state index in [1.807, 2.05) is 0 Å². The van der Waals surface area contributed by atoms with Gasteiger partial charge < -0.3 is 15.5 Å². The van der Waals surface area contributed by atoms with E-state index in [4.69, 9.17) is 10.2 Å². The fourth-order valence-electron chi connectivity index (χ4n) is 2.05. The molecule has 0 aromatic carbocycles. The zero-order valence-electron chi connectivity index (χ0n) is 12.2. The van der Waals surface area contributed by atoms with Crippen molar-refractivity contribution in [3.8, 4) is 0 Å². The lowest BCUT2D eigenvalue weighted by Gasteiger charge is -2.14. The lowest BCUT2D eigenvalue weighted by Crippen LogP contribution is -2.41. The summed E-state index contributed by atoms with van der Waals surface area (Å²) in [6.07, 6.45) is 0.105. The van der Waals surface area contributed by atoms with Crippen molar-refractivity contribution in [3.63, 3.8) is 0 Å². The molecule has 1 rings (SSSR count). The Morgan fingerprint density at radius 2 is 1.90 bits per heavy atom. The SMILES string of the molecule is Cc1nn(C)c(C)c1C(=O)N[C@H](CCCC(=O)O)C(=O)O. The molecule has 0 aliphatic carbocycles. The summed E-state index contributed by atoms with van der Waals surface area (Å²) in [5.74, 6) is -2.70. The number of nitrogens with zero attached hydrogens (tertiary/aromatic N) is 2. The number of aliphatic carboxylic acids is 2. The molecule has 21 heavy (non-hydrogen) atoms. The van der Waals surface area contributed by atoms with Crippen LogP contribution < -0.4 is 5.32 Å². The Morgan fingerprint density at radius 1 is 1.29 bits per heavy atom. The van der Waals surface area contributed by atoms with Crippen LogP contribution in [0, 0.1) is 13.8 Å². The van der Waals surface area contributed by atoms with Crippen molar-refractivity contribution in [1.29, 1.82) is 0 Å².